The number of aromatic nitrogens is 4. The molecular weight excluding hydrogens is 214 g/mol. The topological polar surface area (TPSA) is 80.5 Å². The van der Waals surface area contributed by atoms with Gasteiger partial charge in [-0.05, 0) is 16.3 Å². The third kappa shape index (κ3) is 1.66. The number of fused-ring (bicyclic) bond motifs is 1. The van der Waals surface area contributed by atoms with Crippen LogP contribution in [0.25, 0.3) is 10.8 Å². The van der Waals surface area contributed by atoms with Gasteiger partial charge in [0, 0.05) is 0 Å². The average Bonchev–Trinajstić information content (AvgIpc) is 2.91. The number of tetrazole rings is 1. The number of nitrogens with zero attached hydrogens (tertiary/aromatic N) is 3. The lowest BCUT2D eigenvalue weighted by Gasteiger charge is -2.10. The first-order chi connectivity index (χ1) is 8.36. The molecule has 3 rings (SSSR count). The maximum absolute atomic E-state index is 6.14. The molecule has 0 bridgehead atoms. The number of benzene rings is 2. The number of hydrogen-bond acceptors (Lipinski definition) is 4. The van der Waals surface area contributed by atoms with Crippen molar-refractivity contribution in [1.29, 1.82) is 0 Å². The lowest BCUT2D eigenvalue weighted by atomic mass is 9.99. The third-order valence-electron chi connectivity index (χ3n) is 2.80. The molecule has 0 aliphatic carbocycles. The minimum absolute atomic E-state index is 0.361. The van der Waals surface area contributed by atoms with Crippen LogP contribution in [0.4, 0.5) is 0 Å². The summed E-state index contributed by atoms with van der Waals surface area (Å²) in [4.78, 5) is 0. The first-order valence-corrected chi connectivity index (χ1v) is 5.33. The molecule has 0 amide bonds. The zero-order valence-corrected chi connectivity index (χ0v) is 9.04. The second-order valence-corrected chi connectivity index (χ2v) is 3.82. The van der Waals surface area contributed by atoms with Crippen LogP contribution in [0, 0.1) is 0 Å². The second kappa shape index (κ2) is 3.95. The Labute approximate surface area is 97.6 Å². The predicted octanol–water partition coefficient (Wildman–Crippen LogP) is 1.40. The summed E-state index contributed by atoms with van der Waals surface area (Å²) in [6.07, 6.45) is 0. The van der Waals surface area contributed by atoms with Crippen molar-refractivity contribution in [2.24, 2.45) is 5.73 Å². The Morgan fingerprint density at radius 3 is 2.71 bits per heavy atom. The molecular formula is C12H11N5. The number of aromatic amines is 1. The zero-order chi connectivity index (χ0) is 11.7. The third-order valence-corrected chi connectivity index (χ3v) is 2.80. The van der Waals surface area contributed by atoms with Gasteiger partial charge in [0.2, 0.25) is 0 Å². The lowest BCUT2D eigenvalue weighted by molar-refractivity contribution is 0.791. The Morgan fingerprint density at radius 2 is 1.88 bits per heavy atom. The molecule has 3 aromatic rings. The first-order valence-electron chi connectivity index (χ1n) is 5.33. The van der Waals surface area contributed by atoms with E-state index in [2.05, 4.69) is 32.8 Å². The summed E-state index contributed by atoms with van der Waals surface area (Å²) in [7, 11) is 0. The number of nitrogens with one attached hydrogen (secondary N) is 1. The van der Waals surface area contributed by atoms with Crippen molar-refractivity contribution in [2.75, 3.05) is 0 Å². The van der Waals surface area contributed by atoms with Gasteiger partial charge in [-0.15, -0.1) is 10.2 Å². The van der Waals surface area contributed by atoms with E-state index >= 15 is 0 Å². The van der Waals surface area contributed by atoms with Crippen LogP contribution in [0.1, 0.15) is 17.4 Å². The van der Waals surface area contributed by atoms with Crippen LogP contribution in [-0.4, -0.2) is 20.6 Å². The monoisotopic (exact) mass is 225 g/mol. The van der Waals surface area contributed by atoms with Gasteiger partial charge in [0.15, 0.2) is 5.82 Å². The summed E-state index contributed by atoms with van der Waals surface area (Å²) < 4.78 is 0. The number of hydrogen-bond donors (Lipinski definition) is 2. The summed E-state index contributed by atoms with van der Waals surface area (Å²) in [5, 5.41) is 16.1. The smallest absolute Gasteiger partial charge is 0.195 e. The molecule has 0 saturated heterocycles. The first kappa shape index (κ1) is 9.92. The Kier molecular flexibility index (Phi) is 2.31. The predicted molar refractivity (Wildman–Crippen MR) is 64.2 cm³/mol. The van der Waals surface area contributed by atoms with Gasteiger partial charge < -0.3 is 5.73 Å². The molecule has 2 aromatic carbocycles. The summed E-state index contributed by atoms with van der Waals surface area (Å²) in [5.74, 6) is 0.501. The van der Waals surface area contributed by atoms with Gasteiger partial charge in [0.1, 0.15) is 0 Å². The molecule has 5 nitrogen and oxygen atoms in total. The van der Waals surface area contributed by atoms with Gasteiger partial charge in [-0.25, -0.2) is 0 Å². The molecule has 17 heavy (non-hydrogen) atoms. The van der Waals surface area contributed by atoms with Crippen LogP contribution in [0.5, 0.6) is 0 Å². The largest absolute Gasteiger partial charge is 0.317 e. The van der Waals surface area contributed by atoms with Crippen molar-refractivity contribution in [3.05, 3.63) is 53.9 Å². The second-order valence-electron chi connectivity index (χ2n) is 3.82. The van der Waals surface area contributed by atoms with E-state index in [0.717, 1.165) is 16.3 Å². The van der Waals surface area contributed by atoms with Crippen molar-refractivity contribution >= 4 is 10.8 Å². The molecule has 0 fully saturated rings. The highest BCUT2D eigenvalue weighted by Crippen LogP contribution is 2.25. The molecule has 5 heteroatoms. The van der Waals surface area contributed by atoms with Gasteiger partial charge in [-0.1, -0.05) is 47.7 Å². The standard InChI is InChI=1S/C12H11N5/c13-11(12-14-16-17-15-12)10-7-3-5-8-4-1-2-6-9(8)10/h1-7,11H,13H2,(H,14,15,16,17). The average molecular weight is 225 g/mol. The maximum Gasteiger partial charge on any atom is 0.195 e. The molecule has 0 saturated carbocycles. The molecule has 0 aliphatic rings. The highest BCUT2D eigenvalue weighted by Gasteiger charge is 2.15. The minimum Gasteiger partial charge on any atom is -0.317 e. The van der Waals surface area contributed by atoms with Gasteiger partial charge in [-0.3, -0.25) is 0 Å². The number of nitrogens with two attached hydrogens (primary N) is 1. The molecule has 84 valence electrons. The fourth-order valence-electron chi connectivity index (χ4n) is 1.96. The van der Waals surface area contributed by atoms with Crippen LogP contribution in [0.3, 0.4) is 0 Å². The van der Waals surface area contributed by atoms with E-state index in [4.69, 9.17) is 5.73 Å². The normalized spacial score (nSPS) is 12.8. The highest BCUT2D eigenvalue weighted by atomic mass is 15.5. The van der Waals surface area contributed by atoms with Crippen LogP contribution in [0.15, 0.2) is 42.5 Å². The van der Waals surface area contributed by atoms with Gasteiger partial charge in [0.25, 0.3) is 0 Å². The molecule has 1 aromatic heterocycles. The van der Waals surface area contributed by atoms with Crippen molar-refractivity contribution in [3.63, 3.8) is 0 Å². The molecule has 0 spiro atoms. The number of rotatable bonds is 2. The number of H-pyrrole nitrogens is 1. The van der Waals surface area contributed by atoms with Gasteiger partial charge >= 0.3 is 0 Å². The van der Waals surface area contributed by atoms with Crippen LogP contribution in [-0.2, 0) is 0 Å². The van der Waals surface area contributed by atoms with E-state index in [0.29, 0.717) is 5.82 Å². The SMILES string of the molecule is NC(c1nn[nH]n1)c1cccc2ccccc12. The lowest BCUT2D eigenvalue weighted by Crippen LogP contribution is -2.14. The fraction of sp³-hybridized carbons (Fsp3) is 0.0833. The molecule has 1 heterocycles. The van der Waals surface area contributed by atoms with Crippen molar-refractivity contribution in [2.45, 2.75) is 6.04 Å². The van der Waals surface area contributed by atoms with Crippen molar-refractivity contribution in [1.82, 2.24) is 20.6 Å². The minimum atomic E-state index is -0.361. The summed E-state index contributed by atoms with van der Waals surface area (Å²) in [6, 6.07) is 13.8. The Balaban J connectivity index is 2.17. The van der Waals surface area contributed by atoms with E-state index in [-0.39, 0.29) is 6.04 Å². The zero-order valence-electron chi connectivity index (χ0n) is 9.04. The Hall–Kier alpha value is -2.27. The maximum atomic E-state index is 6.14. The van der Waals surface area contributed by atoms with Crippen LogP contribution >= 0.6 is 0 Å². The van der Waals surface area contributed by atoms with E-state index in [1.54, 1.807) is 0 Å². The quantitative estimate of drug-likeness (QED) is 0.690. The molecule has 3 N–H and O–H groups in total. The highest BCUT2D eigenvalue weighted by molar-refractivity contribution is 5.86. The summed E-state index contributed by atoms with van der Waals surface area (Å²) >= 11 is 0. The van der Waals surface area contributed by atoms with E-state index < -0.39 is 0 Å². The summed E-state index contributed by atoms with van der Waals surface area (Å²) in [6.45, 7) is 0. The van der Waals surface area contributed by atoms with E-state index in [1.807, 2.05) is 30.3 Å². The molecule has 1 unspecified atom stereocenters. The van der Waals surface area contributed by atoms with Crippen molar-refractivity contribution < 1.29 is 0 Å². The van der Waals surface area contributed by atoms with Crippen LogP contribution < -0.4 is 5.73 Å². The molecule has 0 aliphatic heterocycles. The Bertz CT molecular complexity index is 627. The fourth-order valence-corrected chi connectivity index (χ4v) is 1.96. The van der Waals surface area contributed by atoms with Gasteiger partial charge in [0.05, 0.1) is 6.04 Å². The molecule has 0 radical (unpaired) electrons. The van der Waals surface area contributed by atoms with E-state index in [9.17, 15) is 0 Å². The summed E-state index contributed by atoms with van der Waals surface area (Å²) in [5.41, 5.74) is 7.15. The van der Waals surface area contributed by atoms with Gasteiger partial charge in [-0.2, -0.15) is 5.21 Å². The van der Waals surface area contributed by atoms with E-state index in [1.165, 1.54) is 0 Å². The van der Waals surface area contributed by atoms with Crippen molar-refractivity contribution in [3.8, 4) is 0 Å². The molecule has 1 atom stereocenters. The Morgan fingerprint density at radius 1 is 1.06 bits per heavy atom. The van der Waals surface area contributed by atoms with Crippen LogP contribution in [0.2, 0.25) is 0 Å².